The van der Waals surface area contributed by atoms with Gasteiger partial charge in [-0.25, -0.2) is 14.8 Å². The topological polar surface area (TPSA) is 118 Å². The number of aromatic nitrogens is 3. The highest BCUT2D eigenvalue weighted by Gasteiger charge is 2.36. The van der Waals surface area contributed by atoms with Crippen molar-refractivity contribution in [3.8, 4) is 17.3 Å². The zero-order valence-corrected chi connectivity index (χ0v) is 17.3. The van der Waals surface area contributed by atoms with Crippen molar-refractivity contribution in [1.29, 1.82) is 5.26 Å². The number of nitriles is 1. The van der Waals surface area contributed by atoms with Gasteiger partial charge < -0.3 is 20.3 Å². The molecule has 1 fully saturated rings. The monoisotopic (exact) mass is 494 g/mol. The minimum atomic E-state index is -4.69. The molecule has 1 saturated heterocycles. The summed E-state index contributed by atoms with van der Waals surface area (Å²) in [5.74, 6) is -0.0256. The van der Waals surface area contributed by atoms with Crippen LogP contribution in [-0.4, -0.2) is 50.2 Å². The van der Waals surface area contributed by atoms with Crippen molar-refractivity contribution in [2.75, 3.05) is 18.4 Å². The molecule has 1 aliphatic rings. The molecule has 160 valence electrons. The molecule has 31 heavy (non-hydrogen) atoms. The molecule has 0 aliphatic carbocycles. The van der Waals surface area contributed by atoms with Gasteiger partial charge in [0.25, 0.3) is 0 Å². The Kier molecular flexibility index (Phi) is 5.22. The number of amides is 1. The van der Waals surface area contributed by atoms with Gasteiger partial charge >= 0.3 is 12.3 Å². The van der Waals surface area contributed by atoms with Crippen LogP contribution in [0.25, 0.3) is 22.2 Å². The van der Waals surface area contributed by atoms with Crippen LogP contribution in [0.4, 0.5) is 23.9 Å². The number of benzene rings is 1. The van der Waals surface area contributed by atoms with Crippen LogP contribution < -0.4 is 5.32 Å². The van der Waals surface area contributed by atoms with Crippen molar-refractivity contribution < 1.29 is 23.1 Å². The molecule has 3 aromatic rings. The molecule has 1 amide bonds. The highest BCUT2D eigenvalue weighted by Crippen LogP contribution is 2.40. The van der Waals surface area contributed by atoms with E-state index in [1.54, 1.807) is 6.07 Å². The van der Waals surface area contributed by atoms with Crippen LogP contribution in [0, 0.1) is 11.3 Å². The Morgan fingerprint density at radius 1 is 1.42 bits per heavy atom. The largest absolute Gasteiger partial charge is 0.465 e. The lowest BCUT2D eigenvalue weighted by atomic mass is 10.0. The van der Waals surface area contributed by atoms with Crippen molar-refractivity contribution in [3.05, 3.63) is 40.1 Å². The van der Waals surface area contributed by atoms with Crippen LogP contribution in [0.5, 0.6) is 0 Å². The fourth-order valence-corrected chi connectivity index (χ4v) is 4.09. The van der Waals surface area contributed by atoms with Gasteiger partial charge in [-0.1, -0.05) is 6.07 Å². The Labute approximate surface area is 181 Å². The molecule has 0 saturated carbocycles. The summed E-state index contributed by atoms with van der Waals surface area (Å²) < 4.78 is 41.5. The van der Waals surface area contributed by atoms with Gasteiger partial charge in [0, 0.05) is 42.5 Å². The van der Waals surface area contributed by atoms with Gasteiger partial charge in [0.2, 0.25) is 5.95 Å². The molecule has 2 aromatic heterocycles. The number of H-pyrrole nitrogens is 1. The zero-order valence-electron chi connectivity index (χ0n) is 15.7. The van der Waals surface area contributed by atoms with Crippen LogP contribution in [0.1, 0.15) is 17.5 Å². The van der Waals surface area contributed by atoms with Gasteiger partial charge in [0.05, 0.1) is 21.2 Å². The van der Waals surface area contributed by atoms with Crippen LogP contribution >= 0.6 is 15.9 Å². The quantitative estimate of drug-likeness (QED) is 0.495. The first kappa shape index (κ1) is 20.9. The van der Waals surface area contributed by atoms with E-state index in [4.69, 9.17) is 10.4 Å². The minimum absolute atomic E-state index is 0.0256. The van der Waals surface area contributed by atoms with E-state index in [1.165, 1.54) is 17.2 Å². The predicted molar refractivity (Wildman–Crippen MR) is 108 cm³/mol. The number of hydrogen-bond donors (Lipinski definition) is 3. The number of nitrogens with zero attached hydrogens (tertiary/aromatic N) is 4. The van der Waals surface area contributed by atoms with Crippen molar-refractivity contribution in [1.82, 2.24) is 19.9 Å². The minimum Gasteiger partial charge on any atom is -0.465 e. The molecular weight excluding hydrogens is 481 g/mol. The second-order valence-electron chi connectivity index (χ2n) is 6.98. The lowest BCUT2D eigenvalue weighted by Gasteiger charge is -2.16. The number of nitrogens with one attached hydrogen (secondary N) is 2. The first-order valence-corrected chi connectivity index (χ1v) is 9.87. The smallest absolute Gasteiger partial charge is 0.419 e. The van der Waals surface area contributed by atoms with Crippen molar-refractivity contribution in [2.45, 2.75) is 18.6 Å². The highest BCUT2D eigenvalue weighted by atomic mass is 79.9. The van der Waals surface area contributed by atoms with Gasteiger partial charge in [0.1, 0.15) is 11.6 Å². The summed E-state index contributed by atoms with van der Waals surface area (Å²) in [5.41, 5.74) is -0.301. The predicted octanol–water partition coefficient (Wildman–Crippen LogP) is 4.44. The van der Waals surface area contributed by atoms with Gasteiger partial charge in [-0.15, -0.1) is 0 Å². The Morgan fingerprint density at radius 2 is 2.19 bits per heavy atom. The number of carboxylic acid groups (broad SMARTS) is 1. The molecule has 12 heteroatoms. The number of carbonyl (C=O) groups is 1. The van der Waals surface area contributed by atoms with E-state index in [2.05, 4.69) is 36.2 Å². The molecule has 1 atom stereocenters. The summed E-state index contributed by atoms with van der Waals surface area (Å²) in [6, 6.07) is 4.76. The van der Waals surface area contributed by atoms with E-state index in [0.29, 0.717) is 40.1 Å². The summed E-state index contributed by atoms with van der Waals surface area (Å²) in [5, 5.41) is 21.6. The maximum absolute atomic E-state index is 13.7. The fourth-order valence-electron chi connectivity index (χ4n) is 3.54. The molecule has 0 bridgehead atoms. The summed E-state index contributed by atoms with van der Waals surface area (Å²) in [6.07, 6.45) is -3.14. The standard InChI is InChI=1S/C19H14BrF3N6O2/c20-14-9(5-24)1-2-11-12(6-25-16(11)14)15-13(19(21,22)23)7-26-17(28-15)27-10-3-4-29(8-10)18(30)31/h1-2,6-7,10,25H,3-4,8H2,(H,30,31)(H,26,27,28)/t10-/m0/s1. The Bertz CT molecular complexity index is 1220. The maximum atomic E-state index is 13.7. The third-order valence-electron chi connectivity index (χ3n) is 5.05. The Balaban J connectivity index is 1.77. The molecule has 0 spiro atoms. The van der Waals surface area contributed by atoms with Crippen molar-refractivity contribution >= 4 is 38.9 Å². The molecule has 8 nitrogen and oxygen atoms in total. The van der Waals surface area contributed by atoms with Gasteiger partial charge in [-0.05, 0) is 28.4 Å². The highest BCUT2D eigenvalue weighted by molar-refractivity contribution is 9.10. The number of alkyl halides is 3. The third-order valence-corrected chi connectivity index (χ3v) is 5.88. The second kappa shape index (κ2) is 7.73. The van der Waals surface area contributed by atoms with E-state index in [1.807, 2.05) is 6.07 Å². The van der Waals surface area contributed by atoms with E-state index in [9.17, 15) is 18.0 Å². The summed E-state index contributed by atoms with van der Waals surface area (Å²) in [7, 11) is 0. The number of halogens is 4. The van der Waals surface area contributed by atoms with Gasteiger partial charge in [-0.2, -0.15) is 18.4 Å². The van der Waals surface area contributed by atoms with Crippen LogP contribution in [0.15, 0.2) is 29.0 Å². The van der Waals surface area contributed by atoms with Crippen LogP contribution in [0.3, 0.4) is 0 Å². The molecule has 1 aliphatic heterocycles. The number of likely N-dealkylation sites (tertiary alicyclic amines) is 1. The SMILES string of the molecule is N#Cc1ccc2c(-c3nc(N[C@H]4CCN(C(=O)O)C4)ncc3C(F)(F)F)c[nH]c2c1Br. The van der Waals surface area contributed by atoms with E-state index >= 15 is 0 Å². The molecule has 0 radical (unpaired) electrons. The summed E-state index contributed by atoms with van der Waals surface area (Å²) >= 11 is 3.30. The first-order valence-electron chi connectivity index (χ1n) is 9.07. The maximum Gasteiger partial charge on any atom is 0.419 e. The molecule has 3 N–H and O–H groups in total. The lowest BCUT2D eigenvalue weighted by molar-refractivity contribution is -0.137. The number of rotatable bonds is 3. The van der Waals surface area contributed by atoms with Gasteiger partial charge in [-0.3, -0.25) is 0 Å². The summed E-state index contributed by atoms with van der Waals surface area (Å²) in [4.78, 5) is 23.1. The molecule has 1 aromatic carbocycles. The van der Waals surface area contributed by atoms with Crippen molar-refractivity contribution in [3.63, 3.8) is 0 Å². The lowest BCUT2D eigenvalue weighted by Crippen LogP contribution is -2.30. The molecule has 3 heterocycles. The van der Waals surface area contributed by atoms with Crippen LogP contribution in [-0.2, 0) is 6.18 Å². The number of anilines is 1. The Hall–Kier alpha value is -3.33. The van der Waals surface area contributed by atoms with Crippen molar-refractivity contribution in [2.24, 2.45) is 0 Å². The zero-order chi connectivity index (χ0) is 22.3. The number of hydrogen-bond acceptors (Lipinski definition) is 5. The number of aromatic amines is 1. The molecular formula is C19H14BrF3N6O2. The average molecular weight is 495 g/mol. The third kappa shape index (κ3) is 3.88. The number of fused-ring (bicyclic) bond motifs is 1. The molecule has 4 rings (SSSR count). The van der Waals surface area contributed by atoms with E-state index < -0.39 is 17.8 Å². The first-order chi connectivity index (χ1) is 14.7. The van der Waals surface area contributed by atoms with Crippen LogP contribution in [0.2, 0.25) is 0 Å². The molecule has 0 unspecified atom stereocenters. The normalized spacial score (nSPS) is 16.5. The average Bonchev–Trinajstić information content (AvgIpc) is 3.35. The summed E-state index contributed by atoms with van der Waals surface area (Å²) in [6.45, 7) is 0.504. The van der Waals surface area contributed by atoms with E-state index in [-0.39, 0.29) is 29.8 Å². The Morgan fingerprint density at radius 3 is 2.84 bits per heavy atom. The van der Waals surface area contributed by atoms with E-state index in [0.717, 1.165) is 0 Å². The fraction of sp³-hybridized carbons (Fsp3) is 0.263. The van der Waals surface area contributed by atoms with Gasteiger partial charge in [0.15, 0.2) is 0 Å². The second-order valence-corrected chi connectivity index (χ2v) is 7.77.